The highest BCUT2D eigenvalue weighted by atomic mass is 35.5. The third kappa shape index (κ3) is 7.95. The fraction of sp³-hybridized carbons (Fsp3) is 0.579. The number of carbonyl (C=O) groups excluding carboxylic acids is 2. The zero-order valence-corrected chi connectivity index (χ0v) is 16.4. The van der Waals surface area contributed by atoms with Crippen molar-refractivity contribution in [3.8, 4) is 11.5 Å². The second-order valence-corrected chi connectivity index (χ2v) is 6.53. The molecule has 0 fully saturated rings. The standard InChI is InChI=1S/C19H29ClN2O4/c1-3-4-5-6-7-8-9-10-22-19(24)14-11-15(20)18(16(12-14)25-2)26-13-17(21)23/h11-12H,3-10,13H2,1-2H3,(H2,21,23)(H,22,24). The van der Waals surface area contributed by atoms with Crippen molar-refractivity contribution >= 4 is 23.4 Å². The molecule has 0 aliphatic rings. The van der Waals surface area contributed by atoms with Crippen LogP contribution in [0.3, 0.4) is 0 Å². The van der Waals surface area contributed by atoms with Gasteiger partial charge in [0.05, 0.1) is 12.1 Å². The van der Waals surface area contributed by atoms with Gasteiger partial charge in [-0.1, -0.05) is 57.0 Å². The molecule has 0 atom stereocenters. The minimum Gasteiger partial charge on any atom is -0.493 e. The van der Waals surface area contributed by atoms with E-state index in [1.54, 1.807) is 0 Å². The zero-order chi connectivity index (χ0) is 19.4. The first-order chi connectivity index (χ1) is 12.5. The van der Waals surface area contributed by atoms with E-state index in [0.29, 0.717) is 12.1 Å². The lowest BCUT2D eigenvalue weighted by atomic mass is 10.1. The topological polar surface area (TPSA) is 90.6 Å². The van der Waals surface area contributed by atoms with Crippen molar-refractivity contribution in [3.63, 3.8) is 0 Å². The lowest BCUT2D eigenvalue weighted by Gasteiger charge is -2.13. The van der Waals surface area contributed by atoms with E-state index in [9.17, 15) is 9.59 Å². The first kappa shape index (κ1) is 22.1. The second-order valence-electron chi connectivity index (χ2n) is 6.12. The van der Waals surface area contributed by atoms with Crippen molar-refractivity contribution in [2.75, 3.05) is 20.3 Å². The van der Waals surface area contributed by atoms with Crippen LogP contribution in [0, 0.1) is 0 Å². The maximum Gasteiger partial charge on any atom is 0.255 e. The van der Waals surface area contributed by atoms with Gasteiger partial charge in [-0.2, -0.15) is 0 Å². The fourth-order valence-corrected chi connectivity index (χ4v) is 2.79. The van der Waals surface area contributed by atoms with E-state index < -0.39 is 5.91 Å². The van der Waals surface area contributed by atoms with Gasteiger partial charge in [-0.15, -0.1) is 0 Å². The van der Waals surface area contributed by atoms with Gasteiger partial charge in [0.15, 0.2) is 18.1 Å². The number of methoxy groups -OCH3 is 1. The smallest absolute Gasteiger partial charge is 0.255 e. The Bertz CT molecular complexity index is 593. The number of halogens is 1. The molecule has 0 aliphatic heterocycles. The minimum atomic E-state index is -0.625. The first-order valence-electron chi connectivity index (χ1n) is 9.06. The average Bonchev–Trinajstić information content (AvgIpc) is 2.61. The van der Waals surface area contributed by atoms with Crippen LogP contribution in [0.2, 0.25) is 5.02 Å². The molecular formula is C19H29ClN2O4. The van der Waals surface area contributed by atoms with Gasteiger partial charge in [-0.05, 0) is 18.6 Å². The molecular weight excluding hydrogens is 356 g/mol. The normalized spacial score (nSPS) is 10.4. The molecule has 3 N–H and O–H groups in total. The lowest BCUT2D eigenvalue weighted by Crippen LogP contribution is -2.24. The predicted octanol–water partition coefficient (Wildman–Crippen LogP) is 3.69. The van der Waals surface area contributed by atoms with E-state index in [1.165, 1.54) is 51.3 Å². The van der Waals surface area contributed by atoms with Crippen LogP contribution in [-0.4, -0.2) is 32.1 Å². The highest BCUT2D eigenvalue weighted by Gasteiger charge is 2.16. The number of hydrogen-bond acceptors (Lipinski definition) is 4. The summed E-state index contributed by atoms with van der Waals surface area (Å²) in [6, 6.07) is 3.02. The first-order valence-corrected chi connectivity index (χ1v) is 9.44. The molecule has 0 bridgehead atoms. The molecule has 0 heterocycles. The molecule has 0 aliphatic carbocycles. The summed E-state index contributed by atoms with van der Waals surface area (Å²) in [6.07, 6.45) is 8.32. The second kappa shape index (κ2) is 12.4. The number of hydrogen-bond donors (Lipinski definition) is 2. The molecule has 0 spiro atoms. The van der Waals surface area contributed by atoms with E-state index in [2.05, 4.69) is 12.2 Å². The maximum atomic E-state index is 12.3. The highest BCUT2D eigenvalue weighted by molar-refractivity contribution is 6.32. The van der Waals surface area contributed by atoms with E-state index >= 15 is 0 Å². The Kier molecular flexibility index (Phi) is 10.5. The van der Waals surface area contributed by atoms with Gasteiger partial charge in [0, 0.05) is 12.1 Å². The average molecular weight is 385 g/mol. The van der Waals surface area contributed by atoms with E-state index in [1.807, 2.05) is 0 Å². The van der Waals surface area contributed by atoms with Gasteiger partial charge in [0.1, 0.15) is 0 Å². The van der Waals surface area contributed by atoms with Crippen LogP contribution in [0.1, 0.15) is 62.2 Å². The largest absolute Gasteiger partial charge is 0.493 e. The number of benzene rings is 1. The van der Waals surface area contributed by atoms with Crippen LogP contribution in [0.5, 0.6) is 11.5 Å². The number of nitrogens with one attached hydrogen (secondary N) is 1. The van der Waals surface area contributed by atoms with Crippen molar-refractivity contribution in [2.45, 2.75) is 51.9 Å². The SMILES string of the molecule is CCCCCCCCCNC(=O)c1cc(Cl)c(OCC(N)=O)c(OC)c1. The van der Waals surface area contributed by atoms with Crippen molar-refractivity contribution < 1.29 is 19.1 Å². The van der Waals surface area contributed by atoms with Crippen LogP contribution >= 0.6 is 11.6 Å². The zero-order valence-electron chi connectivity index (χ0n) is 15.6. The van der Waals surface area contributed by atoms with Crippen LogP contribution in [0.4, 0.5) is 0 Å². The Morgan fingerprint density at radius 3 is 2.38 bits per heavy atom. The molecule has 26 heavy (non-hydrogen) atoms. The summed E-state index contributed by atoms with van der Waals surface area (Å²) in [4.78, 5) is 23.1. The molecule has 2 amide bonds. The van der Waals surface area contributed by atoms with Gasteiger partial charge >= 0.3 is 0 Å². The van der Waals surface area contributed by atoms with Crippen molar-refractivity contribution in [2.24, 2.45) is 5.73 Å². The Morgan fingerprint density at radius 1 is 1.12 bits per heavy atom. The number of ether oxygens (including phenoxy) is 2. The summed E-state index contributed by atoms with van der Waals surface area (Å²) in [5, 5.41) is 3.07. The third-order valence-corrected chi connectivity index (χ3v) is 4.20. The van der Waals surface area contributed by atoms with E-state index in [-0.39, 0.29) is 29.0 Å². The van der Waals surface area contributed by atoms with Crippen molar-refractivity contribution in [1.29, 1.82) is 0 Å². The molecule has 146 valence electrons. The van der Waals surface area contributed by atoms with Crippen LogP contribution in [-0.2, 0) is 4.79 Å². The molecule has 7 heteroatoms. The summed E-state index contributed by atoms with van der Waals surface area (Å²) < 4.78 is 10.4. The number of rotatable bonds is 13. The number of primary amides is 1. The number of carbonyl (C=O) groups is 2. The molecule has 0 aromatic heterocycles. The van der Waals surface area contributed by atoms with Gasteiger partial charge < -0.3 is 20.5 Å². The molecule has 1 rings (SSSR count). The molecule has 0 unspecified atom stereocenters. The lowest BCUT2D eigenvalue weighted by molar-refractivity contribution is -0.119. The predicted molar refractivity (Wildman–Crippen MR) is 103 cm³/mol. The molecule has 1 aromatic carbocycles. The van der Waals surface area contributed by atoms with Gasteiger partial charge in [-0.25, -0.2) is 0 Å². The summed E-state index contributed by atoms with van der Waals surface area (Å²) in [6.45, 7) is 2.50. The molecule has 1 aromatic rings. The Balaban J connectivity index is 2.50. The summed E-state index contributed by atoms with van der Waals surface area (Å²) in [5.41, 5.74) is 5.44. The van der Waals surface area contributed by atoms with Crippen LogP contribution in [0.25, 0.3) is 0 Å². The molecule has 0 saturated carbocycles. The Hall–Kier alpha value is -1.95. The van der Waals surface area contributed by atoms with Crippen LogP contribution in [0.15, 0.2) is 12.1 Å². The summed E-state index contributed by atoms with van der Waals surface area (Å²) in [7, 11) is 1.43. The summed E-state index contributed by atoms with van der Waals surface area (Å²) >= 11 is 6.15. The number of nitrogens with two attached hydrogens (primary N) is 1. The monoisotopic (exact) mass is 384 g/mol. The van der Waals surface area contributed by atoms with Gasteiger partial charge in [0.2, 0.25) is 0 Å². The van der Waals surface area contributed by atoms with Gasteiger partial charge in [0.25, 0.3) is 11.8 Å². The quantitative estimate of drug-likeness (QED) is 0.507. The van der Waals surface area contributed by atoms with Crippen LogP contribution < -0.4 is 20.5 Å². The Labute approximate surface area is 160 Å². The maximum absolute atomic E-state index is 12.3. The Morgan fingerprint density at radius 2 is 1.77 bits per heavy atom. The van der Waals surface area contributed by atoms with E-state index in [4.69, 9.17) is 26.8 Å². The van der Waals surface area contributed by atoms with E-state index in [0.717, 1.165) is 12.8 Å². The molecule has 6 nitrogen and oxygen atoms in total. The molecule has 0 saturated heterocycles. The number of amides is 2. The molecule has 0 radical (unpaired) electrons. The number of unbranched alkanes of at least 4 members (excludes halogenated alkanes) is 6. The highest BCUT2D eigenvalue weighted by Crippen LogP contribution is 2.36. The van der Waals surface area contributed by atoms with Gasteiger partial charge in [-0.3, -0.25) is 9.59 Å². The van der Waals surface area contributed by atoms with Crippen molar-refractivity contribution in [1.82, 2.24) is 5.32 Å². The minimum absolute atomic E-state index is 0.187. The third-order valence-electron chi connectivity index (χ3n) is 3.92. The fourth-order valence-electron chi connectivity index (χ4n) is 2.52. The summed E-state index contributed by atoms with van der Waals surface area (Å²) in [5.74, 6) is -0.381. The van der Waals surface area contributed by atoms with Crippen molar-refractivity contribution in [3.05, 3.63) is 22.7 Å².